The second-order valence-corrected chi connectivity index (χ2v) is 12.0. The molecule has 0 spiro atoms. The monoisotopic (exact) mass is 423 g/mol. The number of allylic oxidation sites excluding steroid dienone is 2. The minimum Gasteiger partial charge on any atom is -0.361 e. The lowest BCUT2D eigenvalue weighted by molar-refractivity contribution is -0.0450. The van der Waals surface area contributed by atoms with Crippen LogP contribution in [0.4, 0.5) is 0 Å². The second kappa shape index (κ2) is 9.22. The average molecular weight is 424 g/mol. The van der Waals surface area contributed by atoms with E-state index in [0.29, 0.717) is 23.9 Å². The van der Waals surface area contributed by atoms with Crippen molar-refractivity contribution in [3.63, 3.8) is 0 Å². The quantitative estimate of drug-likeness (QED) is 0.489. The van der Waals surface area contributed by atoms with Crippen molar-refractivity contribution in [2.75, 3.05) is 25.9 Å². The topological polar surface area (TPSA) is 29.5 Å². The normalized spacial score (nSPS) is 27.8. The van der Waals surface area contributed by atoms with Crippen LogP contribution in [-0.4, -0.2) is 37.0 Å². The van der Waals surface area contributed by atoms with Gasteiger partial charge >= 0.3 is 0 Å². The molecule has 1 saturated heterocycles. The molecule has 0 saturated carbocycles. The summed E-state index contributed by atoms with van der Waals surface area (Å²) in [6.07, 6.45) is 4.34. The van der Waals surface area contributed by atoms with Crippen LogP contribution in [0.3, 0.4) is 0 Å². The van der Waals surface area contributed by atoms with Crippen molar-refractivity contribution in [2.24, 2.45) is 17.8 Å². The van der Waals surface area contributed by atoms with Crippen LogP contribution in [0.1, 0.15) is 27.2 Å². The molecule has 1 aliphatic heterocycles. The Morgan fingerprint density at radius 3 is 2.17 bits per heavy atom. The molecule has 1 aliphatic carbocycles. The van der Waals surface area contributed by atoms with Gasteiger partial charge in [0.25, 0.3) is 0 Å². The maximum absolute atomic E-state index is 14.4. The highest BCUT2D eigenvalue weighted by Crippen LogP contribution is 2.44. The predicted octanol–water partition coefficient (Wildman–Crippen LogP) is 4.90. The van der Waals surface area contributed by atoms with E-state index < -0.39 is 7.14 Å². The molecule has 2 aromatic rings. The molecular formula is C26H34NO2P. The van der Waals surface area contributed by atoms with E-state index in [-0.39, 0.29) is 6.23 Å². The summed E-state index contributed by atoms with van der Waals surface area (Å²) in [5, 5.41) is 1.90. The summed E-state index contributed by atoms with van der Waals surface area (Å²) < 4.78 is 20.6. The van der Waals surface area contributed by atoms with Crippen LogP contribution in [0.5, 0.6) is 0 Å². The zero-order chi connectivity index (χ0) is 21.1. The van der Waals surface area contributed by atoms with E-state index in [2.05, 4.69) is 31.7 Å². The minimum absolute atomic E-state index is 0.124. The molecule has 0 amide bonds. The first-order chi connectivity index (χ1) is 14.5. The number of ether oxygens (including phenoxy) is 1. The number of rotatable bonds is 6. The van der Waals surface area contributed by atoms with Gasteiger partial charge in [0.1, 0.15) is 13.4 Å². The summed E-state index contributed by atoms with van der Waals surface area (Å²) in [5.74, 6) is 1.60. The van der Waals surface area contributed by atoms with Crippen molar-refractivity contribution in [1.29, 1.82) is 0 Å². The molecule has 0 bridgehead atoms. The van der Waals surface area contributed by atoms with Crippen molar-refractivity contribution < 1.29 is 9.30 Å². The lowest BCUT2D eigenvalue weighted by Crippen LogP contribution is -2.44. The molecule has 4 atom stereocenters. The smallest absolute Gasteiger partial charge is 0.144 e. The van der Waals surface area contributed by atoms with Gasteiger partial charge < -0.3 is 9.30 Å². The number of benzene rings is 2. The molecule has 0 radical (unpaired) electrons. The number of hydrogen-bond donors (Lipinski definition) is 0. The summed E-state index contributed by atoms with van der Waals surface area (Å²) in [5.41, 5.74) is 1.49. The van der Waals surface area contributed by atoms with Gasteiger partial charge in [-0.05, 0) is 25.2 Å². The van der Waals surface area contributed by atoms with Crippen LogP contribution >= 0.6 is 7.14 Å². The molecule has 30 heavy (non-hydrogen) atoms. The predicted molar refractivity (Wildman–Crippen MR) is 126 cm³/mol. The Morgan fingerprint density at radius 2 is 1.60 bits per heavy atom. The van der Waals surface area contributed by atoms with Crippen molar-refractivity contribution >= 4 is 17.8 Å². The lowest BCUT2D eigenvalue weighted by Gasteiger charge is -2.40. The van der Waals surface area contributed by atoms with Gasteiger partial charge in [-0.25, -0.2) is 0 Å². The first kappa shape index (κ1) is 21.6. The molecule has 0 unspecified atom stereocenters. The van der Waals surface area contributed by atoms with Crippen LogP contribution in [0.15, 0.2) is 72.3 Å². The van der Waals surface area contributed by atoms with E-state index in [9.17, 15) is 4.57 Å². The van der Waals surface area contributed by atoms with Crippen LogP contribution in [0.25, 0.3) is 0 Å². The Bertz CT molecular complexity index is 868. The highest BCUT2D eigenvalue weighted by Gasteiger charge is 2.40. The molecule has 1 heterocycles. The SMILES string of the molecule is CC1=C[C@H](C)[C@H]([C@H]2OCCN2CCP(=O)(c2ccccc2)c2ccccc2)[C@@H](C)C1. The fourth-order valence-corrected chi connectivity index (χ4v) is 8.12. The molecule has 3 nitrogen and oxygen atoms in total. The average Bonchev–Trinajstić information content (AvgIpc) is 3.21. The van der Waals surface area contributed by atoms with E-state index in [1.54, 1.807) is 0 Å². The van der Waals surface area contributed by atoms with E-state index in [4.69, 9.17) is 4.74 Å². The number of nitrogens with zero attached hydrogens (tertiary/aromatic N) is 1. The van der Waals surface area contributed by atoms with Crippen molar-refractivity contribution in [2.45, 2.75) is 33.4 Å². The lowest BCUT2D eigenvalue weighted by atomic mass is 9.74. The van der Waals surface area contributed by atoms with Gasteiger partial charge in [-0.15, -0.1) is 0 Å². The minimum atomic E-state index is -2.69. The van der Waals surface area contributed by atoms with Gasteiger partial charge in [-0.2, -0.15) is 0 Å². The zero-order valence-corrected chi connectivity index (χ0v) is 19.3. The molecule has 0 aromatic heterocycles. The van der Waals surface area contributed by atoms with Gasteiger partial charge in [0, 0.05) is 35.8 Å². The maximum Gasteiger partial charge on any atom is 0.144 e. The fraction of sp³-hybridized carbons (Fsp3) is 0.462. The third kappa shape index (κ3) is 4.35. The van der Waals surface area contributed by atoms with E-state index in [1.807, 2.05) is 60.7 Å². The molecular weight excluding hydrogens is 389 g/mol. The third-order valence-corrected chi connectivity index (χ3v) is 9.95. The summed E-state index contributed by atoms with van der Waals surface area (Å²) in [6.45, 7) is 9.41. The number of hydrogen-bond acceptors (Lipinski definition) is 3. The van der Waals surface area contributed by atoms with Gasteiger partial charge in [0.05, 0.1) is 6.61 Å². The summed E-state index contributed by atoms with van der Waals surface area (Å²) in [6, 6.07) is 20.0. The third-order valence-electron chi connectivity index (χ3n) is 6.86. The zero-order valence-electron chi connectivity index (χ0n) is 18.4. The Labute approximate surface area is 181 Å². The highest BCUT2D eigenvalue weighted by atomic mass is 31.2. The molecule has 160 valence electrons. The van der Waals surface area contributed by atoms with Crippen molar-refractivity contribution in [3.05, 3.63) is 72.3 Å². The van der Waals surface area contributed by atoms with E-state index >= 15 is 0 Å². The standard InChI is InChI=1S/C26H34NO2P/c1-20-18-21(2)25(22(3)19-20)26-27(14-16-29-26)15-17-30(28,23-10-6-4-7-11-23)24-12-8-5-9-13-24/h4-13,18,21-22,25-26H,14-17,19H2,1-3H3/t21-,22-,25-,26+/m0/s1. The first-order valence-electron chi connectivity index (χ1n) is 11.2. The van der Waals surface area contributed by atoms with Gasteiger partial charge in [0.2, 0.25) is 0 Å². The van der Waals surface area contributed by atoms with E-state index in [0.717, 1.165) is 36.7 Å². The highest BCUT2D eigenvalue weighted by molar-refractivity contribution is 7.78. The summed E-state index contributed by atoms with van der Waals surface area (Å²) in [4.78, 5) is 2.45. The summed E-state index contributed by atoms with van der Waals surface area (Å²) in [7, 11) is -2.69. The molecule has 4 heteroatoms. The molecule has 2 aromatic carbocycles. The Balaban J connectivity index is 1.56. The molecule has 1 fully saturated rings. The fourth-order valence-electron chi connectivity index (χ4n) is 5.46. The Hall–Kier alpha value is -1.67. The molecule has 4 rings (SSSR count). The van der Waals surface area contributed by atoms with Crippen LogP contribution in [0.2, 0.25) is 0 Å². The second-order valence-electron chi connectivity index (χ2n) is 9.06. The van der Waals surface area contributed by atoms with Crippen molar-refractivity contribution in [3.8, 4) is 0 Å². The largest absolute Gasteiger partial charge is 0.361 e. The maximum atomic E-state index is 14.4. The van der Waals surface area contributed by atoms with Crippen molar-refractivity contribution in [1.82, 2.24) is 4.90 Å². The van der Waals surface area contributed by atoms with E-state index in [1.165, 1.54) is 5.57 Å². The Kier molecular flexibility index (Phi) is 6.63. The first-order valence-corrected chi connectivity index (χ1v) is 13.1. The van der Waals surface area contributed by atoms with Crippen LogP contribution < -0.4 is 10.6 Å². The molecule has 0 N–H and O–H groups in total. The van der Waals surface area contributed by atoms with Gasteiger partial charge in [0.15, 0.2) is 0 Å². The van der Waals surface area contributed by atoms with Crippen LogP contribution in [0, 0.1) is 17.8 Å². The van der Waals surface area contributed by atoms with Gasteiger partial charge in [-0.3, -0.25) is 4.90 Å². The van der Waals surface area contributed by atoms with Gasteiger partial charge in [-0.1, -0.05) is 86.2 Å². The van der Waals surface area contributed by atoms with Crippen LogP contribution in [-0.2, 0) is 9.30 Å². The Morgan fingerprint density at radius 1 is 1.00 bits per heavy atom. The summed E-state index contributed by atoms with van der Waals surface area (Å²) >= 11 is 0. The molecule has 2 aliphatic rings.